The third-order valence-electron chi connectivity index (χ3n) is 3.83. The molecule has 1 heterocycles. The molecule has 29 heavy (non-hydrogen) atoms. The van der Waals surface area contributed by atoms with Crippen molar-refractivity contribution in [3.8, 4) is 23.0 Å². The molecule has 0 unspecified atom stereocenters. The molecule has 3 rings (SSSR count). The van der Waals surface area contributed by atoms with Crippen LogP contribution < -0.4 is 24.3 Å². The van der Waals surface area contributed by atoms with Crippen molar-refractivity contribution in [2.24, 2.45) is 0 Å². The molecule has 0 bridgehead atoms. The quantitative estimate of drug-likeness (QED) is 0.364. The van der Waals surface area contributed by atoms with Crippen molar-refractivity contribution in [1.29, 1.82) is 0 Å². The van der Waals surface area contributed by atoms with Gasteiger partial charge in [-0.1, -0.05) is 41.6 Å². The Balaban J connectivity index is 1.65. The molecule has 1 fully saturated rings. The van der Waals surface area contributed by atoms with Gasteiger partial charge >= 0.3 is 0 Å². The summed E-state index contributed by atoms with van der Waals surface area (Å²) in [4.78, 5) is 12.3. The van der Waals surface area contributed by atoms with Crippen LogP contribution in [-0.4, -0.2) is 37.7 Å². The number of thioether (sulfide) groups is 1. The second kappa shape index (κ2) is 9.87. The van der Waals surface area contributed by atoms with Crippen molar-refractivity contribution in [3.05, 3.63) is 51.9 Å². The van der Waals surface area contributed by atoms with Crippen molar-refractivity contribution in [1.82, 2.24) is 5.32 Å². The Morgan fingerprint density at radius 2 is 1.86 bits per heavy atom. The number of hydrogen-bond donors (Lipinski definition) is 1. The third-order valence-corrected chi connectivity index (χ3v) is 5.27. The van der Waals surface area contributed by atoms with Gasteiger partial charge in [-0.3, -0.25) is 4.79 Å². The van der Waals surface area contributed by atoms with E-state index in [-0.39, 0.29) is 12.5 Å². The minimum Gasteiger partial charge on any atom is -0.497 e. The maximum absolute atomic E-state index is 11.8. The molecule has 0 spiro atoms. The summed E-state index contributed by atoms with van der Waals surface area (Å²) in [6.07, 6.45) is 1.70. The lowest BCUT2D eigenvalue weighted by Crippen LogP contribution is -2.17. The number of amides is 1. The highest BCUT2D eigenvalue weighted by Crippen LogP contribution is 2.38. The number of carbonyl (C=O) groups is 1. The van der Waals surface area contributed by atoms with Gasteiger partial charge in [-0.05, 0) is 35.9 Å². The van der Waals surface area contributed by atoms with E-state index in [0.717, 1.165) is 0 Å². The zero-order chi connectivity index (χ0) is 20.8. The number of ether oxygens (including phenoxy) is 4. The van der Waals surface area contributed by atoms with E-state index in [0.29, 0.717) is 49.4 Å². The molecule has 6 nitrogen and oxygen atoms in total. The van der Waals surface area contributed by atoms with Gasteiger partial charge in [0.05, 0.1) is 24.1 Å². The SMILES string of the molecule is COc1cccc(OCCOc2c(Cl)cc(/C=C3/SC(=S)NC3=O)cc2OC)c1. The number of rotatable bonds is 8. The monoisotopic (exact) mass is 451 g/mol. The fourth-order valence-corrected chi connectivity index (χ4v) is 3.85. The van der Waals surface area contributed by atoms with Crippen LogP contribution in [0.2, 0.25) is 5.02 Å². The fraction of sp³-hybridized carbons (Fsp3) is 0.200. The molecule has 1 aliphatic heterocycles. The van der Waals surface area contributed by atoms with E-state index in [9.17, 15) is 4.79 Å². The number of halogens is 1. The lowest BCUT2D eigenvalue weighted by Gasteiger charge is -2.14. The van der Waals surface area contributed by atoms with Gasteiger partial charge < -0.3 is 24.3 Å². The van der Waals surface area contributed by atoms with Crippen LogP contribution in [-0.2, 0) is 4.79 Å². The molecule has 1 amide bonds. The Kier molecular flexibility index (Phi) is 7.24. The Labute approximate surface area is 183 Å². The molecule has 152 valence electrons. The van der Waals surface area contributed by atoms with E-state index in [1.165, 1.54) is 18.9 Å². The highest BCUT2D eigenvalue weighted by Gasteiger charge is 2.22. The average Bonchev–Trinajstić information content (AvgIpc) is 3.02. The van der Waals surface area contributed by atoms with Crippen molar-refractivity contribution in [2.45, 2.75) is 0 Å². The summed E-state index contributed by atoms with van der Waals surface area (Å²) in [7, 11) is 3.12. The summed E-state index contributed by atoms with van der Waals surface area (Å²) < 4.78 is 22.4. The lowest BCUT2D eigenvalue weighted by molar-refractivity contribution is -0.115. The van der Waals surface area contributed by atoms with E-state index in [1.807, 2.05) is 18.2 Å². The van der Waals surface area contributed by atoms with Gasteiger partial charge in [-0.15, -0.1) is 0 Å². The maximum atomic E-state index is 11.8. The van der Waals surface area contributed by atoms with E-state index in [4.69, 9.17) is 42.8 Å². The van der Waals surface area contributed by atoms with Crippen LogP contribution in [0.5, 0.6) is 23.0 Å². The van der Waals surface area contributed by atoms with E-state index in [2.05, 4.69) is 5.32 Å². The highest BCUT2D eigenvalue weighted by molar-refractivity contribution is 8.26. The second-order valence-corrected chi connectivity index (χ2v) is 7.89. The van der Waals surface area contributed by atoms with Crippen LogP contribution in [0.25, 0.3) is 6.08 Å². The zero-order valence-corrected chi connectivity index (χ0v) is 18.1. The summed E-state index contributed by atoms with van der Waals surface area (Å²) in [5, 5.41) is 2.94. The Morgan fingerprint density at radius 1 is 1.10 bits per heavy atom. The number of thiocarbonyl (C=S) groups is 1. The molecule has 0 aromatic heterocycles. The Bertz CT molecular complexity index is 964. The Morgan fingerprint density at radius 3 is 2.55 bits per heavy atom. The second-order valence-electron chi connectivity index (χ2n) is 5.76. The van der Waals surface area contributed by atoms with Gasteiger partial charge in [0.15, 0.2) is 11.5 Å². The summed E-state index contributed by atoms with van der Waals surface area (Å²) in [5.74, 6) is 2.03. The van der Waals surface area contributed by atoms with Crippen molar-refractivity contribution in [3.63, 3.8) is 0 Å². The number of benzene rings is 2. The number of hydrogen-bond acceptors (Lipinski definition) is 7. The van der Waals surface area contributed by atoms with Crippen molar-refractivity contribution >= 4 is 51.9 Å². The molecule has 1 aliphatic rings. The molecule has 0 radical (unpaired) electrons. The molecular formula is C20H18ClNO5S2. The highest BCUT2D eigenvalue weighted by atomic mass is 35.5. The molecule has 0 aliphatic carbocycles. The smallest absolute Gasteiger partial charge is 0.263 e. The number of nitrogens with one attached hydrogen (secondary N) is 1. The van der Waals surface area contributed by atoms with Gasteiger partial charge in [-0.2, -0.15) is 0 Å². The van der Waals surface area contributed by atoms with Gasteiger partial charge in [-0.25, -0.2) is 0 Å². The molecule has 2 aromatic rings. The first kappa shape index (κ1) is 21.3. The number of carbonyl (C=O) groups excluding carboxylic acids is 1. The molecule has 0 atom stereocenters. The zero-order valence-electron chi connectivity index (χ0n) is 15.7. The normalized spacial score (nSPS) is 14.7. The average molecular weight is 452 g/mol. The lowest BCUT2D eigenvalue weighted by atomic mass is 10.2. The topological polar surface area (TPSA) is 66.0 Å². The third kappa shape index (κ3) is 5.56. The fourth-order valence-electron chi connectivity index (χ4n) is 2.53. The van der Waals surface area contributed by atoms with Crippen LogP contribution >= 0.6 is 35.6 Å². The predicted molar refractivity (Wildman–Crippen MR) is 118 cm³/mol. The standard InChI is InChI=1S/C20H18ClNO5S2/c1-24-13-4-3-5-14(11-13)26-6-7-27-18-15(21)8-12(9-16(18)25-2)10-17-19(23)22-20(28)29-17/h3-5,8-11H,6-7H2,1-2H3,(H,22,23,28)/b17-10+. The first-order chi connectivity index (χ1) is 14.0. The van der Waals surface area contributed by atoms with Crippen LogP contribution in [0.3, 0.4) is 0 Å². The first-order valence-corrected chi connectivity index (χ1v) is 10.1. The Hall–Kier alpha value is -2.42. The van der Waals surface area contributed by atoms with Gasteiger partial charge in [0.25, 0.3) is 5.91 Å². The van der Waals surface area contributed by atoms with E-state index < -0.39 is 0 Å². The molecule has 0 saturated carbocycles. The van der Waals surface area contributed by atoms with Gasteiger partial charge in [0.1, 0.15) is 29.0 Å². The molecule has 1 N–H and O–H groups in total. The van der Waals surface area contributed by atoms with Gasteiger partial charge in [0, 0.05) is 6.07 Å². The van der Waals surface area contributed by atoms with Crippen LogP contribution in [0.15, 0.2) is 41.3 Å². The van der Waals surface area contributed by atoms with Crippen molar-refractivity contribution in [2.75, 3.05) is 27.4 Å². The predicted octanol–water partition coefficient (Wildman–Crippen LogP) is 4.30. The molecule has 1 saturated heterocycles. The summed E-state index contributed by atoms with van der Waals surface area (Å²) in [5.41, 5.74) is 0.703. The van der Waals surface area contributed by atoms with Crippen LogP contribution in [0.1, 0.15) is 5.56 Å². The van der Waals surface area contributed by atoms with Crippen LogP contribution in [0.4, 0.5) is 0 Å². The summed E-state index contributed by atoms with van der Waals surface area (Å²) >= 11 is 12.6. The minimum atomic E-state index is -0.231. The van der Waals surface area contributed by atoms with Crippen molar-refractivity contribution < 1.29 is 23.7 Å². The largest absolute Gasteiger partial charge is 0.497 e. The molecule has 9 heteroatoms. The minimum absolute atomic E-state index is 0.231. The van der Waals surface area contributed by atoms with Gasteiger partial charge in [0.2, 0.25) is 0 Å². The number of methoxy groups -OCH3 is 2. The summed E-state index contributed by atoms with van der Waals surface area (Å²) in [6.45, 7) is 0.576. The maximum Gasteiger partial charge on any atom is 0.263 e. The van der Waals surface area contributed by atoms with E-state index in [1.54, 1.807) is 31.4 Å². The molecular weight excluding hydrogens is 434 g/mol. The van der Waals surface area contributed by atoms with Crippen LogP contribution in [0, 0.1) is 0 Å². The first-order valence-electron chi connectivity index (χ1n) is 8.52. The molecule has 2 aromatic carbocycles. The summed E-state index contributed by atoms with van der Waals surface area (Å²) in [6, 6.07) is 10.8. The van der Waals surface area contributed by atoms with E-state index >= 15 is 0 Å².